The van der Waals surface area contributed by atoms with E-state index < -0.39 is 0 Å². The monoisotopic (exact) mass is 278 g/mol. The minimum atomic E-state index is 0.247. The van der Waals surface area contributed by atoms with Gasteiger partial charge in [0.2, 0.25) is 0 Å². The summed E-state index contributed by atoms with van der Waals surface area (Å²) in [6.07, 6.45) is 0. The lowest BCUT2D eigenvalue weighted by Crippen LogP contribution is -2.00. The largest absolute Gasteiger partial charge is 0.507 e. The molecule has 0 aliphatic rings. The molecule has 0 aliphatic carbocycles. The molecular weight excluding hydrogens is 260 g/mol. The fourth-order valence-corrected chi connectivity index (χ4v) is 2.54. The third-order valence-corrected chi connectivity index (χ3v) is 3.75. The number of benzene rings is 2. The highest BCUT2D eigenvalue weighted by molar-refractivity contribution is 5.67. The molecule has 2 aromatic carbocycles. The van der Waals surface area contributed by atoms with Gasteiger partial charge in [-0.1, -0.05) is 24.3 Å². The van der Waals surface area contributed by atoms with Crippen molar-refractivity contribution in [1.29, 1.82) is 0 Å². The van der Waals surface area contributed by atoms with Gasteiger partial charge in [-0.2, -0.15) is 0 Å². The Bertz CT molecular complexity index is 803. The fourth-order valence-electron chi connectivity index (χ4n) is 2.54. The van der Waals surface area contributed by atoms with E-state index in [2.05, 4.69) is 34.7 Å². The van der Waals surface area contributed by atoms with Crippen molar-refractivity contribution in [3.05, 3.63) is 65.5 Å². The molecule has 1 heterocycles. The third-order valence-electron chi connectivity index (χ3n) is 3.75. The van der Waals surface area contributed by atoms with Crippen LogP contribution >= 0.6 is 0 Å². The molecule has 3 rings (SSSR count). The highest BCUT2D eigenvalue weighted by Crippen LogP contribution is 2.31. The molecule has 0 unspecified atom stereocenters. The van der Waals surface area contributed by atoms with Gasteiger partial charge in [-0.05, 0) is 50.6 Å². The molecule has 21 heavy (non-hydrogen) atoms. The van der Waals surface area contributed by atoms with Crippen molar-refractivity contribution in [2.75, 3.05) is 0 Å². The van der Waals surface area contributed by atoms with Crippen molar-refractivity contribution < 1.29 is 5.11 Å². The first-order chi connectivity index (χ1) is 10.1. The second kappa shape index (κ2) is 5.09. The number of phenolic OH excluding ortho intramolecular Hbond substituents is 1. The Labute approximate surface area is 124 Å². The molecule has 0 radical (unpaired) electrons. The first-order valence-corrected chi connectivity index (χ1v) is 6.99. The van der Waals surface area contributed by atoms with E-state index in [0.717, 1.165) is 28.5 Å². The van der Waals surface area contributed by atoms with Crippen LogP contribution in [0.25, 0.3) is 17.1 Å². The van der Waals surface area contributed by atoms with Crippen LogP contribution in [-0.4, -0.2) is 14.7 Å². The van der Waals surface area contributed by atoms with Crippen molar-refractivity contribution in [3.63, 3.8) is 0 Å². The number of hydrogen-bond acceptors (Lipinski definition) is 2. The summed E-state index contributed by atoms with van der Waals surface area (Å²) in [5, 5.41) is 10.1. The van der Waals surface area contributed by atoms with Crippen molar-refractivity contribution in [2.24, 2.45) is 0 Å². The maximum absolute atomic E-state index is 10.1. The van der Waals surface area contributed by atoms with E-state index >= 15 is 0 Å². The van der Waals surface area contributed by atoms with Crippen LogP contribution in [0.15, 0.2) is 48.5 Å². The average Bonchev–Trinajstić information content (AvgIpc) is 2.75. The van der Waals surface area contributed by atoms with Gasteiger partial charge in [-0.3, -0.25) is 4.57 Å². The summed E-state index contributed by atoms with van der Waals surface area (Å²) >= 11 is 0. The summed E-state index contributed by atoms with van der Waals surface area (Å²) in [4.78, 5) is 4.65. The van der Waals surface area contributed by atoms with Crippen molar-refractivity contribution in [1.82, 2.24) is 9.55 Å². The first-order valence-electron chi connectivity index (χ1n) is 6.99. The van der Waals surface area contributed by atoms with Gasteiger partial charge >= 0.3 is 0 Å². The summed E-state index contributed by atoms with van der Waals surface area (Å²) < 4.78 is 2.09. The number of hydrogen-bond donors (Lipinski definition) is 1. The van der Waals surface area contributed by atoms with Gasteiger partial charge in [-0.25, -0.2) is 4.98 Å². The number of aromatic nitrogens is 2. The van der Waals surface area contributed by atoms with Crippen LogP contribution in [0.1, 0.15) is 17.0 Å². The van der Waals surface area contributed by atoms with Crippen LogP contribution in [0.2, 0.25) is 0 Å². The summed E-state index contributed by atoms with van der Waals surface area (Å²) in [5.41, 5.74) is 5.05. The molecular formula is C18H18N2O. The molecule has 0 saturated heterocycles. The van der Waals surface area contributed by atoms with E-state index in [1.807, 2.05) is 38.1 Å². The summed E-state index contributed by atoms with van der Waals surface area (Å²) in [7, 11) is 0. The number of imidazole rings is 1. The maximum atomic E-state index is 10.1. The first kappa shape index (κ1) is 13.4. The normalized spacial score (nSPS) is 10.8. The molecule has 0 bridgehead atoms. The van der Waals surface area contributed by atoms with E-state index in [1.54, 1.807) is 6.07 Å². The molecule has 0 amide bonds. The molecule has 1 N–H and O–H groups in total. The second-order valence-electron chi connectivity index (χ2n) is 5.30. The Hall–Kier alpha value is -2.55. The van der Waals surface area contributed by atoms with Crippen LogP contribution in [0.4, 0.5) is 0 Å². The van der Waals surface area contributed by atoms with Gasteiger partial charge in [0.1, 0.15) is 11.6 Å². The Kier molecular flexibility index (Phi) is 3.26. The summed E-state index contributed by atoms with van der Waals surface area (Å²) in [6.45, 7) is 6.11. The molecule has 0 atom stereocenters. The third kappa shape index (κ3) is 2.31. The molecule has 0 fully saturated rings. The average molecular weight is 278 g/mol. The SMILES string of the molecule is Cc1cccc(-n2c(-c3ccccc3O)nc(C)c2C)c1. The standard InChI is InChI=1S/C18H18N2O/c1-12-7-6-8-15(11-12)20-14(3)13(2)19-18(20)16-9-4-5-10-17(16)21/h4-11,21H,1-3H3. The van der Waals surface area contributed by atoms with Gasteiger partial charge in [0.25, 0.3) is 0 Å². The van der Waals surface area contributed by atoms with Crippen molar-refractivity contribution in [3.8, 4) is 22.8 Å². The molecule has 3 nitrogen and oxygen atoms in total. The van der Waals surface area contributed by atoms with E-state index in [-0.39, 0.29) is 5.75 Å². The smallest absolute Gasteiger partial charge is 0.148 e. The number of nitrogens with zero attached hydrogens (tertiary/aromatic N) is 2. The number of phenols is 1. The molecule has 1 aromatic heterocycles. The second-order valence-corrected chi connectivity index (χ2v) is 5.30. The van der Waals surface area contributed by atoms with Gasteiger partial charge in [0, 0.05) is 11.4 Å². The topological polar surface area (TPSA) is 38.0 Å². The molecule has 0 spiro atoms. The van der Waals surface area contributed by atoms with Gasteiger partial charge < -0.3 is 5.11 Å². The van der Waals surface area contributed by atoms with E-state index in [0.29, 0.717) is 0 Å². The molecule has 3 aromatic rings. The van der Waals surface area contributed by atoms with Crippen molar-refractivity contribution >= 4 is 0 Å². The predicted molar refractivity (Wildman–Crippen MR) is 84.9 cm³/mol. The summed E-state index contributed by atoms with van der Waals surface area (Å²) in [5.74, 6) is 1.02. The van der Waals surface area contributed by atoms with Crippen LogP contribution in [-0.2, 0) is 0 Å². The predicted octanol–water partition coefficient (Wildman–Crippen LogP) is 4.17. The van der Waals surface area contributed by atoms with Gasteiger partial charge in [0.05, 0.1) is 11.3 Å². The van der Waals surface area contributed by atoms with Crippen molar-refractivity contribution in [2.45, 2.75) is 20.8 Å². The van der Waals surface area contributed by atoms with E-state index in [4.69, 9.17) is 0 Å². The molecule has 106 valence electrons. The van der Waals surface area contributed by atoms with Gasteiger partial charge in [0.15, 0.2) is 0 Å². The highest BCUT2D eigenvalue weighted by atomic mass is 16.3. The fraction of sp³-hybridized carbons (Fsp3) is 0.167. The zero-order chi connectivity index (χ0) is 15.0. The Morgan fingerprint density at radius 3 is 2.43 bits per heavy atom. The maximum Gasteiger partial charge on any atom is 0.148 e. The molecule has 0 aliphatic heterocycles. The number of aromatic hydroxyl groups is 1. The van der Waals surface area contributed by atoms with Crippen LogP contribution in [0.3, 0.4) is 0 Å². The van der Waals surface area contributed by atoms with Crippen LogP contribution in [0.5, 0.6) is 5.75 Å². The van der Waals surface area contributed by atoms with E-state index in [1.165, 1.54) is 5.56 Å². The van der Waals surface area contributed by atoms with Gasteiger partial charge in [-0.15, -0.1) is 0 Å². The lowest BCUT2D eigenvalue weighted by molar-refractivity contribution is 0.477. The minimum Gasteiger partial charge on any atom is -0.507 e. The number of para-hydroxylation sites is 1. The lowest BCUT2D eigenvalue weighted by atomic mass is 10.1. The van der Waals surface area contributed by atoms with E-state index in [9.17, 15) is 5.11 Å². The lowest BCUT2D eigenvalue weighted by Gasteiger charge is -2.12. The Morgan fingerprint density at radius 1 is 0.952 bits per heavy atom. The highest BCUT2D eigenvalue weighted by Gasteiger charge is 2.16. The Balaban J connectivity index is 2.29. The van der Waals surface area contributed by atoms with Crippen LogP contribution in [0, 0.1) is 20.8 Å². The minimum absolute atomic E-state index is 0.247. The zero-order valence-corrected chi connectivity index (χ0v) is 12.5. The molecule has 3 heteroatoms. The Morgan fingerprint density at radius 2 is 1.71 bits per heavy atom. The summed E-state index contributed by atoms with van der Waals surface area (Å²) in [6, 6.07) is 15.6. The van der Waals surface area contributed by atoms with Crippen LogP contribution < -0.4 is 0 Å². The number of aryl methyl sites for hydroxylation is 2. The quantitative estimate of drug-likeness (QED) is 0.764. The zero-order valence-electron chi connectivity index (χ0n) is 12.5. The molecule has 0 saturated carbocycles. The number of rotatable bonds is 2.